The van der Waals surface area contributed by atoms with Crippen LogP contribution in [-0.4, -0.2) is 28.8 Å². The number of rotatable bonds is 6. The van der Waals surface area contributed by atoms with Gasteiger partial charge in [0.1, 0.15) is 5.75 Å². The maximum atomic E-state index is 11.8. The van der Waals surface area contributed by atoms with Gasteiger partial charge in [0.15, 0.2) is 12.4 Å². The third kappa shape index (κ3) is 4.79. The molecule has 8 heteroatoms. The molecule has 2 aromatic rings. The third-order valence-electron chi connectivity index (χ3n) is 3.55. The van der Waals surface area contributed by atoms with Gasteiger partial charge >= 0.3 is 5.69 Å². The Labute approximate surface area is 150 Å². The zero-order valence-electron chi connectivity index (χ0n) is 14.6. The van der Waals surface area contributed by atoms with Gasteiger partial charge in [0, 0.05) is 11.6 Å². The zero-order valence-corrected chi connectivity index (χ0v) is 14.6. The van der Waals surface area contributed by atoms with Gasteiger partial charge in [0.2, 0.25) is 0 Å². The number of nitro benzene ring substituents is 1. The van der Waals surface area contributed by atoms with Crippen molar-refractivity contribution >= 4 is 17.8 Å². The van der Waals surface area contributed by atoms with E-state index in [-0.39, 0.29) is 6.61 Å². The Balaban J connectivity index is 1.94. The highest BCUT2D eigenvalue weighted by atomic mass is 16.6. The molecule has 0 aliphatic heterocycles. The van der Waals surface area contributed by atoms with Crippen LogP contribution in [0.5, 0.6) is 11.5 Å². The van der Waals surface area contributed by atoms with Crippen molar-refractivity contribution in [3.05, 3.63) is 62.7 Å². The van der Waals surface area contributed by atoms with E-state index < -0.39 is 22.3 Å². The zero-order chi connectivity index (χ0) is 19.3. The van der Waals surface area contributed by atoms with Crippen molar-refractivity contribution in [3.63, 3.8) is 0 Å². The fraction of sp³-hybridized carbons (Fsp3) is 0.222. The molecule has 2 aromatic carbocycles. The Hall–Kier alpha value is -3.42. The fourth-order valence-corrected chi connectivity index (χ4v) is 2.51. The number of aromatic hydroxyl groups is 1. The lowest BCUT2D eigenvalue weighted by molar-refractivity contribution is -0.385. The summed E-state index contributed by atoms with van der Waals surface area (Å²) in [6.07, 6.45) is 1.24. The second-order valence-corrected chi connectivity index (χ2v) is 5.81. The van der Waals surface area contributed by atoms with E-state index in [1.54, 1.807) is 0 Å². The molecular formula is C18H19N3O5. The number of carbonyl (C=O) groups is 1. The summed E-state index contributed by atoms with van der Waals surface area (Å²) in [5.41, 5.74) is 5.21. The summed E-state index contributed by atoms with van der Waals surface area (Å²) < 4.78 is 5.55. The number of aryl methyl sites for hydroxylation is 3. The topological polar surface area (TPSA) is 114 Å². The van der Waals surface area contributed by atoms with E-state index in [1.165, 1.54) is 18.3 Å². The molecule has 0 spiro atoms. The molecule has 136 valence electrons. The highest BCUT2D eigenvalue weighted by molar-refractivity contribution is 5.84. The number of hydrazone groups is 1. The highest BCUT2D eigenvalue weighted by Gasteiger charge is 2.13. The third-order valence-corrected chi connectivity index (χ3v) is 3.55. The Kier molecular flexibility index (Phi) is 5.90. The molecule has 0 unspecified atom stereocenters. The van der Waals surface area contributed by atoms with Gasteiger partial charge < -0.3 is 9.84 Å². The number of hydrogen-bond donors (Lipinski definition) is 2. The number of nitro groups is 1. The smallest absolute Gasteiger partial charge is 0.311 e. The monoisotopic (exact) mass is 357 g/mol. The molecule has 0 atom stereocenters. The standard InChI is InChI=1S/C18H19N3O5/c1-11-6-12(2)18(13(3)7-11)26-10-17(23)20-19-9-14-4-5-16(22)15(8-14)21(24)25/h4-9,22H,10H2,1-3H3,(H,20,23)/b19-9+. The minimum atomic E-state index is -0.703. The van der Waals surface area contributed by atoms with Gasteiger partial charge in [-0.25, -0.2) is 5.43 Å². The van der Waals surface area contributed by atoms with Crippen LogP contribution in [0.2, 0.25) is 0 Å². The summed E-state index contributed by atoms with van der Waals surface area (Å²) >= 11 is 0. The van der Waals surface area contributed by atoms with Gasteiger partial charge in [-0.05, 0) is 44.0 Å². The number of amides is 1. The lowest BCUT2D eigenvalue weighted by Gasteiger charge is -2.12. The number of phenols is 1. The van der Waals surface area contributed by atoms with Gasteiger partial charge in [0.05, 0.1) is 11.1 Å². The van der Waals surface area contributed by atoms with Gasteiger partial charge in [-0.2, -0.15) is 5.10 Å². The van der Waals surface area contributed by atoms with Crippen LogP contribution in [0.15, 0.2) is 35.4 Å². The Bertz CT molecular complexity index is 854. The normalized spacial score (nSPS) is 10.7. The molecule has 0 saturated heterocycles. The molecule has 0 aromatic heterocycles. The lowest BCUT2D eigenvalue weighted by atomic mass is 10.1. The molecule has 1 amide bonds. The van der Waals surface area contributed by atoms with Crippen molar-refractivity contribution in [2.45, 2.75) is 20.8 Å². The molecule has 0 aliphatic carbocycles. The van der Waals surface area contributed by atoms with Crippen LogP contribution in [0.1, 0.15) is 22.3 Å². The second-order valence-electron chi connectivity index (χ2n) is 5.81. The molecule has 2 N–H and O–H groups in total. The summed E-state index contributed by atoms with van der Waals surface area (Å²) in [4.78, 5) is 21.9. The number of phenolic OH excluding ortho intramolecular Hbond substituents is 1. The van der Waals surface area contributed by atoms with Gasteiger partial charge in [-0.3, -0.25) is 14.9 Å². The van der Waals surface area contributed by atoms with E-state index in [0.29, 0.717) is 11.3 Å². The van der Waals surface area contributed by atoms with E-state index in [9.17, 15) is 20.0 Å². The van der Waals surface area contributed by atoms with Crippen molar-refractivity contribution in [1.82, 2.24) is 5.43 Å². The van der Waals surface area contributed by atoms with Gasteiger partial charge in [-0.1, -0.05) is 17.7 Å². The molecule has 0 fully saturated rings. The van der Waals surface area contributed by atoms with E-state index in [0.717, 1.165) is 22.8 Å². The molecule has 0 heterocycles. The largest absolute Gasteiger partial charge is 0.502 e. The number of nitrogens with zero attached hydrogens (tertiary/aromatic N) is 2. The van der Waals surface area contributed by atoms with Crippen molar-refractivity contribution in [2.24, 2.45) is 5.10 Å². The van der Waals surface area contributed by atoms with Crippen molar-refractivity contribution in [2.75, 3.05) is 6.61 Å². The van der Waals surface area contributed by atoms with Crippen LogP contribution in [-0.2, 0) is 4.79 Å². The molecule has 0 bridgehead atoms. The summed E-state index contributed by atoms with van der Waals surface area (Å²) in [5, 5.41) is 23.9. The maximum absolute atomic E-state index is 11.8. The van der Waals surface area contributed by atoms with Gasteiger partial charge in [-0.15, -0.1) is 0 Å². The molecule has 0 aliphatic rings. The molecule has 0 radical (unpaired) electrons. The summed E-state index contributed by atoms with van der Waals surface area (Å²) in [7, 11) is 0. The summed E-state index contributed by atoms with van der Waals surface area (Å²) in [6, 6.07) is 7.72. The van der Waals surface area contributed by atoms with Crippen molar-refractivity contribution in [1.29, 1.82) is 0 Å². The van der Waals surface area contributed by atoms with Crippen LogP contribution in [0.25, 0.3) is 0 Å². The Morgan fingerprint density at radius 2 is 1.92 bits per heavy atom. The number of ether oxygens (including phenoxy) is 1. The summed E-state index contributed by atoms with van der Waals surface area (Å²) in [5.74, 6) is -0.244. The number of carbonyl (C=O) groups excluding carboxylic acids is 1. The van der Waals surface area contributed by atoms with Crippen LogP contribution in [0, 0.1) is 30.9 Å². The fourth-order valence-electron chi connectivity index (χ4n) is 2.51. The average molecular weight is 357 g/mol. The maximum Gasteiger partial charge on any atom is 0.311 e. The highest BCUT2D eigenvalue weighted by Crippen LogP contribution is 2.26. The molecular weight excluding hydrogens is 338 g/mol. The second kappa shape index (κ2) is 8.11. The van der Waals surface area contributed by atoms with Gasteiger partial charge in [0.25, 0.3) is 5.91 Å². The van der Waals surface area contributed by atoms with Crippen LogP contribution >= 0.6 is 0 Å². The molecule has 2 rings (SSSR count). The minimum Gasteiger partial charge on any atom is -0.502 e. The lowest BCUT2D eigenvalue weighted by Crippen LogP contribution is -2.25. The summed E-state index contributed by atoms with van der Waals surface area (Å²) in [6.45, 7) is 5.59. The van der Waals surface area contributed by atoms with Crippen LogP contribution in [0.3, 0.4) is 0 Å². The quantitative estimate of drug-likeness (QED) is 0.469. The van der Waals surface area contributed by atoms with Crippen molar-refractivity contribution in [3.8, 4) is 11.5 Å². The Morgan fingerprint density at radius 3 is 2.54 bits per heavy atom. The number of benzene rings is 2. The molecule has 26 heavy (non-hydrogen) atoms. The molecule has 0 saturated carbocycles. The first-order chi connectivity index (χ1) is 12.3. The van der Waals surface area contributed by atoms with E-state index >= 15 is 0 Å². The number of hydrogen-bond acceptors (Lipinski definition) is 6. The van der Waals surface area contributed by atoms with E-state index in [1.807, 2.05) is 32.9 Å². The first-order valence-electron chi connectivity index (χ1n) is 7.78. The minimum absolute atomic E-state index is 0.211. The molecule has 8 nitrogen and oxygen atoms in total. The first-order valence-corrected chi connectivity index (χ1v) is 7.78. The predicted molar refractivity (Wildman–Crippen MR) is 96.6 cm³/mol. The predicted octanol–water partition coefficient (Wildman–Crippen LogP) is 2.75. The van der Waals surface area contributed by atoms with Crippen LogP contribution in [0.4, 0.5) is 5.69 Å². The van der Waals surface area contributed by atoms with E-state index in [4.69, 9.17) is 4.74 Å². The Morgan fingerprint density at radius 1 is 1.27 bits per heavy atom. The SMILES string of the molecule is Cc1cc(C)c(OCC(=O)N/N=C/c2ccc(O)c([N+](=O)[O-])c2)c(C)c1. The first kappa shape index (κ1) is 18.9. The van der Waals surface area contributed by atoms with Crippen LogP contribution < -0.4 is 10.2 Å². The van der Waals surface area contributed by atoms with E-state index in [2.05, 4.69) is 10.5 Å². The average Bonchev–Trinajstić information content (AvgIpc) is 2.55. The number of nitrogens with one attached hydrogen (secondary N) is 1. The van der Waals surface area contributed by atoms with Crippen molar-refractivity contribution < 1.29 is 19.6 Å².